The Kier molecular flexibility index (Phi) is 4.26. The van der Waals surface area contributed by atoms with Crippen molar-refractivity contribution >= 4 is 0 Å². The molecule has 1 heterocycles. The lowest BCUT2D eigenvalue weighted by Crippen LogP contribution is -2.44. The second-order valence-electron chi connectivity index (χ2n) is 4.91. The molecule has 0 amide bonds. The Labute approximate surface area is 88.0 Å². The average Bonchev–Trinajstić information content (AvgIpc) is 2.29. The predicted octanol–water partition coefficient (Wildman–Crippen LogP) is 2.56. The number of hydrogen-bond donors (Lipinski definition) is 1. The lowest BCUT2D eigenvalue weighted by atomic mass is 9.89. The molecule has 2 fully saturated rings. The van der Waals surface area contributed by atoms with Gasteiger partial charge < -0.3 is 0 Å². The van der Waals surface area contributed by atoms with Crippen LogP contribution in [0.1, 0.15) is 51.4 Å². The number of piperidine rings is 1. The number of hydrazine groups is 1. The van der Waals surface area contributed by atoms with E-state index in [-0.39, 0.29) is 0 Å². The first kappa shape index (κ1) is 10.4. The molecule has 0 aromatic carbocycles. The monoisotopic (exact) mass is 196 g/mol. The maximum absolute atomic E-state index is 3.62. The molecule has 0 bridgehead atoms. The molecule has 2 aliphatic rings. The Hall–Kier alpha value is -0.0800. The van der Waals surface area contributed by atoms with Crippen molar-refractivity contribution in [2.75, 3.05) is 19.6 Å². The molecule has 2 nitrogen and oxygen atoms in total. The van der Waals surface area contributed by atoms with Crippen molar-refractivity contribution in [2.45, 2.75) is 51.4 Å². The van der Waals surface area contributed by atoms with E-state index in [0.29, 0.717) is 0 Å². The molecule has 1 N–H and O–H groups in total. The van der Waals surface area contributed by atoms with Crippen molar-refractivity contribution in [1.29, 1.82) is 0 Å². The van der Waals surface area contributed by atoms with E-state index in [1.807, 2.05) is 0 Å². The summed E-state index contributed by atoms with van der Waals surface area (Å²) in [5.74, 6) is 0.964. The van der Waals surface area contributed by atoms with Gasteiger partial charge in [-0.2, -0.15) is 0 Å². The Balaban J connectivity index is 1.60. The molecule has 0 aromatic heterocycles. The van der Waals surface area contributed by atoms with Crippen molar-refractivity contribution < 1.29 is 0 Å². The molecule has 82 valence electrons. The third kappa shape index (κ3) is 3.25. The lowest BCUT2D eigenvalue weighted by Gasteiger charge is -2.30. The van der Waals surface area contributed by atoms with Crippen LogP contribution in [-0.2, 0) is 0 Å². The van der Waals surface area contributed by atoms with Crippen LogP contribution < -0.4 is 5.43 Å². The molecule has 0 spiro atoms. The lowest BCUT2D eigenvalue weighted by molar-refractivity contribution is 0.136. The van der Waals surface area contributed by atoms with E-state index in [9.17, 15) is 0 Å². The first-order chi connectivity index (χ1) is 6.95. The maximum Gasteiger partial charge on any atom is 0.0131 e. The molecule has 0 aromatic rings. The van der Waals surface area contributed by atoms with Gasteiger partial charge >= 0.3 is 0 Å². The van der Waals surface area contributed by atoms with Gasteiger partial charge in [-0.15, -0.1) is 0 Å². The van der Waals surface area contributed by atoms with Crippen LogP contribution in [0.4, 0.5) is 0 Å². The molecule has 1 aliphatic carbocycles. The Morgan fingerprint density at radius 3 is 2.21 bits per heavy atom. The summed E-state index contributed by atoms with van der Waals surface area (Å²) >= 11 is 0. The molecule has 1 saturated heterocycles. The van der Waals surface area contributed by atoms with Crippen LogP contribution >= 0.6 is 0 Å². The second kappa shape index (κ2) is 5.72. The van der Waals surface area contributed by atoms with Crippen LogP contribution in [0, 0.1) is 5.92 Å². The van der Waals surface area contributed by atoms with Crippen molar-refractivity contribution in [3.8, 4) is 0 Å². The van der Waals surface area contributed by atoms with Crippen molar-refractivity contribution in [1.82, 2.24) is 10.4 Å². The normalized spacial score (nSPS) is 26.6. The van der Waals surface area contributed by atoms with Crippen molar-refractivity contribution in [2.24, 2.45) is 5.92 Å². The van der Waals surface area contributed by atoms with E-state index in [0.717, 1.165) is 5.92 Å². The smallest absolute Gasteiger partial charge is 0.0131 e. The van der Waals surface area contributed by atoms with Gasteiger partial charge in [0.25, 0.3) is 0 Å². The van der Waals surface area contributed by atoms with Gasteiger partial charge in [0.15, 0.2) is 0 Å². The first-order valence-electron chi connectivity index (χ1n) is 6.43. The van der Waals surface area contributed by atoms with E-state index >= 15 is 0 Å². The molecule has 1 saturated carbocycles. The zero-order valence-corrected chi connectivity index (χ0v) is 9.30. The number of nitrogens with zero attached hydrogens (tertiary/aromatic N) is 1. The van der Waals surface area contributed by atoms with Crippen LogP contribution in [0.15, 0.2) is 0 Å². The topological polar surface area (TPSA) is 15.3 Å². The van der Waals surface area contributed by atoms with Gasteiger partial charge in [-0.05, 0) is 31.6 Å². The van der Waals surface area contributed by atoms with Crippen LogP contribution in [0.3, 0.4) is 0 Å². The third-order valence-electron chi connectivity index (χ3n) is 3.68. The summed E-state index contributed by atoms with van der Waals surface area (Å²) in [7, 11) is 0. The van der Waals surface area contributed by atoms with E-state index < -0.39 is 0 Å². The van der Waals surface area contributed by atoms with E-state index in [2.05, 4.69) is 10.4 Å². The molecule has 1 aliphatic heterocycles. The number of hydrogen-bond acceptors (Lipinski definition) is 2. The summed E-state index contributed by atoms with van der Waals surface area (Å²) in [5.41, 5.74) is 3.62. The minimum Gasteiger partial charge on any atom is -0.255 e. The first-order valence-corrected chi connectivity index (χ1v) is 6.43. The molecule has 0 unspecified atom stereocenters. The van der Waals surface area contributed by atoms with Crippen molar-refractivity contribution in [3.05, 3.63) is 0 Å². The molecule has 2 heteroatoms. The zero-order valence-electron chi connectivity index (χ0n) is 9.30. The van der Waals surface area contributed by atoms with E-state index in [1.165, 1.54) is 71.0 Å². The summed E-state index contributed by atoms with van der Waals surface area (Å²) in [5, 5.41) is 2.44. The standard InChI is InChI=1S/C12H24N2/c1-3-7-12(8-4-1)11-13-14-9-5-2-6-10-14/h12-13H,1-11H2. The highest BCUT2D eigenvalue weighted by atomic mass is 15.5. The number of nitrogens with one attached hydrogen (secondary N) is 1. The number of rotatable bonds is 3. The summed E-state index contributed by atoms with van der Waals surface area (Å²) in [6.45, 7) is 3.78. The zero-order chi connectivity index (χ0) is 9.64. The fraction of sp³-hybridized carbons (Fsp3) is 1.00. The van der Waals surface area contributed by atoms with Gasteiger partial charge in [0, 0.05) is 19.6 Å². The largest absolute Gasteiger partial charge is 0.255 e. The summed E-state index contributed by atoms with van der Waals surface area (Å²) in [6, 6.07) is 0. The van der Waals surface area contributed by atoms with Crippen LogP contribution in [0.2, 0.25) is 0 Å². The Morgan fingerprint density at radius 2 is 1.50 bits per heavy atom. The molecular formula is C12H24N2. The molecular weight excluding hydrogens is 172 g/mol. The summed E-state index contributed by atoms with van der Waals surface area (Å²) in [6.07, 6.45) is 11.5. The molecule has 0 radical (unpaired) electrons. The minimum atomic E-state index is 0.964. The molecule has 14 heavy (non-hydrogen) atoms. The Morgan fingerprint density at radius 1 is 0.857 bits per heavy atom. The van der Waals surface area contributed by atoms with Gasteiger partial charge in [-0.3, -0.25) is 5.43 Å². The van der Waals surface area contributed by atoms with E-state index in [1.54, 1.807) is 0 Å². The van der Waals surface area contributed by atoms with Gasteiger partial charge in [0.05, 0.1) is 0 Å². The maximum atomic E-state index is 3.62. The van der Waals surface area contributed by atoms with E-state index in [4.69, 9.17) is 0 Å². The highest BCUT2D eigenvalue weighted by Gasteiger charge is 2.15. The SMILES string of the molecule is C1CCC(CNN2CCCCC2)CC1. The minimum absolute atomic E-state index is 0.964. The van der Waals surface area contributed by atoms with Gasteiger partial charge in [0.1, 0.15) is 0 Å². The van der Waals surface area contributed by atoms with Crippen LogP contribution in [-0.4, -0.2) is 24.6 Å². The molecule has 0 atom stereocenters. The summed E-state index contributed by atoms with van der Waals surface area (Å²) in [4.78, 5) is 0. The fourth-order valence-corrected chi connectivity index (χ4v) is 2.70. The molecule has 2 rings (SSSR count). The van der Waals surface area contributed by atoms with Gasteiger partial charge in [-0.1, -0.05) is 25.7 Å². The Bertz CT molecular complexity index is 128. The van der Waals surface area contributed by atoms with Crippen LogP contribution in [0.25, 0.3) is 0 Å². The van der Waals surface area contributed by atoms with Crippen LogP contribution in [0.5, 0.6) is 0 Å². The third-order valence-corrected chi connectivity index (χ3v) is 3.68. The van der Waals surface area contributed by atoms with Gasteiger partial charge in [-0.25, -0.2) is 5.01 Å². The predicted molar refractivity (Wildman–Crippen MR) is 60.0 cm³/mol. The highest BCUT2D eigenvalue weighted by molar-refractivity contribution is 4.68. The quantitative estimate of drug-likeness (QED) is 0.746. The summed E-state index contributed by atoms with van der Waals surface area (Å²) < 4.78 is 0. The second-order valence-corrected chi connectivity index (χ2v) is 4.91. The highest BCUT2D eigenvalue weighted by Crippen LogP contribution is 2.22. The fourth-order valence-electron chi connectivity index (χ4n) is 2.70. The van der Waals surface area contributed by atoms with Crippen molar-refractivity contribution in [3.63, 3.8) is 0 Å². The van der Waals surface area contributed by atoms with Gasteiger partial charge in [0.2, 0.25) is 0 Å². The average molecular weight is 196 g/mol.